The van der Waals surface area contributed by atoms with Crippen LogP contribution in [0.3, 0.4) is 0 Å². The molecule has 4 amide bonds. The number of amides is 4. The Labute approximate surface area is 139 Å². The van der Waals surface area contributed by atoms with E-state index in [1.807, 2.05) is 24.3 Å². The van der Waals surface area contributed by atoms with Crippen molar-refractivity contribution in [1.29, 1.82) is 0 Å². The first kappa shape index (κ1) is 16.1. The Hall–Kier alpha value is -2.77. The summed E-state index contributed by atoms with van der Waals surface area (Å²) in [6.45, 7) is 2.52. The fourth-order valence-corrected chi connectivity index (χ4v) is 2.99. The summed E-state index contributed by atoms with van der Waals surface area (Å²) in [5.41, 5.74) is 1.01. The maximum Gasteiger partial charge on any atom is 0.322 e. The Morgan fingerprint density at radius 3 is 2.54 bits per heavy atom. The van der Waals surface area contributed by atoms with E-state index in [1.54, 1.807) is 12.0 Å². The van der Waals surface area contributed by atoms with E-state index < -0.39 is 18.0 Å². The van der Waals surface area contributed by atoms with Crippen molar-refractivity contribution >= 4 is 23.5 Å². The number of benzene rings is 1. The Morgan fingerprint density at radius 2 is 1.92 bits per heavy atom. The molecule has 3 rings (SSSR count). The van der Waals surface area contributed by atoms with E-state index >= 15 is 0 Å². The van der Waals surface area contributed by atoms with E-state index in [0.29, 0.717) is 26.2 Å². The second-order valence-electron chi connectivity index (χ2n) is 5.76. The average molecular weight is 332 g/mol. The van der Waals surface area contributed by atoms with Crippen LogP contribution in [0.5, 0.6) is 5.75 Å². The van der Waals surface area contributed by atoms with Gasteiger partial charge in [-0.25, -0.2) is 4.79 Å². The Morgan fingerprint density at radius 1 is 1.21 bits per heavy atom. The van der Waals surface area contributed by atoms with Gasteiger partial charge in [0.1, 0.15) is 11.8 Å². The lowest BCUT2D eigenvalue weighted by atomic mass is 10.1. The van der Waals surface area contributed by atoms with Gasteiger partial charge in [0.25, 0.3) is 5.91 Å². The molecule has 2 saturated heterocycles. The Kier molecular flexibility index (Phi) is 4.54. The molecule has 1 aromatic carbocycles. The molecule has 0 radical (unpaired) electrons. The number of hydrogen-bond donors (Lipinski definition) is 2. The van der Waals surface area contributed by atoms with Crippen LogP contribution in [0.15, 0.2) is 24.3 Å². The predicted octanol–water partition coefficient (Wildman–Crippen LogP) is -0.0581. The van der Waals surface area contributed by atoms with E-state index in [9.17, 15) is 14.4 Å². The first-order chi connectivity index (χ1) is 11.6. The number of para-hydroxylation sites is 2. The van der Waals surface area contributed by atoms with Crippen molar-refractivity contribution in [1.82, 2.24) is 15.5 Å². The topological polar surface area (TPSA) is 91.0 Å². The lowest BCUT2D eigenvalue weighted by molar-refractivity contribution is -0.134. The van der Waals surface area contributed by atoms with Crippen molar-refractivity contribution in [3.63, 3.8) is 0 Å². The van der Waals surface area contributed by atoms with Crippen LogP contribution in [0.1, 0.15) is 6.42 Å². The van der Waals surface area contributed by atoms with Gasteiger partial charge < -0.3 is 19.9 Å². The Balaban J connectivity index is 1.56. The number of ether oxygens (including phenoxy) is 1. The number of nitrogens with one attached hydrogen (secondary N) is 2. The fourth-order valence-electron chi connectivity index (χ4n) is 2.99. The summed E-state index contributed by atoms with van der Waals surface area (Å²) in [5, 5.41) is 4.58. The molecule has 0 aromatic heterocycles. The largest absolute Gasteiger partial charge is 0.495 e. The minimum absolute atomic E-state index is 0.00771. The summed E-state index contributed by atoms with van der Waals surface area (Å²) < 4.78 is 5.38. The summed E-state index contributed by atoms with van der Waals surface area (Å²) in [5.74, 6) is 0.237. The van der Waals surface area contributed by atoms with Gasteiger partial charge in [0.15, 0.2) is 0 Å². The number of rotatable bonds is 4. The van der Waals surface area contributed by atoms with Crippen LogP contribution in [0.2, 0.25) is 0 Å². The number of hydrogen-bond acceptors (Lipinski definition) is 5. The van der Waals surface area contributed by atoms with Crippen LogP contribution < -0.4 is 20.3 Å². The number of carbonyl (C=O) groups excluding carboxylic acids is 3. The van der Waals surface area contributed by atoms with Crippen LogP contribution in [0, 0.1) is 0 Å². The van der Waals surface area contributed by atoms with E-state index in [1.165, 1.54) is 0 Å². The van der Waals surface area contributed by atoms with Crippen LogP contribution in [-0.2, 0) is 9.59 Å². The minimum atomic E-state index is -0.766. The highest BCUT2D eigenvalue weighted by Crippen LogP contribution is 2.28. The molecule has 2 heterocycles. The molecular weight excluding hydrogens is 312 g/mol. The van der Waals surface area contributed by atoms with Crippen molar-refractivity contribution in [2.75, 3.05) is 38.2 Å². The third kappa shape index (κ3) is 3.27. The fraction of sp³-hybridized carbons (Fsp3) is 0.438. The van der Waals surface area contributed by atoms with Gasteiger partial charge in [0.05, 0.1) is 19.2 Å². The number of nitrogens with zero attached hydrogens (tertiary/aromatic N) is 2. The summed E-state index contributed by atoms with van der Waals surface area (Å²) >= 11 is 0. The molecule has 24 heavy (non-hydrogen) atoms. The molecule has 0 unspecified atom stereocenters. The smallest absolute Gasteiger partial charge is 0.322 e. The highest BCUT2D eigenvalue weighted by molar-refractivity contribution is 6.05. The number of urea groups is 1. The molecule has 0 bridgehead atoms. The maximum atomic E-state index is 12.3. The van der Waals surface area contributed by atoms with E-state index in [2.05, 4.69) is 15.5 Å². The van der Waals surface area contributed by atoms with Gasteiger partial charge in [-0.2, -0.15) is 0 Å². The van der Waals surface area contributed by atoms with E-state index in [4.69, 9.17) is 4.74 Å². The maximum absolute atomic E-state index is 12.3. The number of anilines is 1. The lowest BCUT2D eigenvalue weighted by Gasteiger charge is -2.36. The van der Waals surface area contributed by atoms with Crippen molar-refractivity contribution in [2.45, 2.75) is 12.5 Å². The van der Waals surface area contributed by atoms with Gasteiger partial charge in [0, 0.05) is 26.2 Å². The standard InChI is InChI=1S/C16H20N4O4/c1-24-13-5-3-2-4-12(13)19-6-8-20(9-7-19)14(21)10-11-15(22)18-16(23)17-11/h2-5,11H,6-10H2,1H3,(H2,17,18,22,23)/t11-/m0/s1. The summed E-state index contributed by atoms with van der Waals surface area (Å²) in [7, 11) is 1.64. The quantitative estimate of drug-likeness (QED) is 0.754. The molecule has 0 saturated carbocycles. The molecular formula is C16H20N4O4. The molecule has 2 fully saturated rings. The van der Waals surface area contributed by atoms with E-state index in [-0.39, 0.29) is 12.3 Å². The van der Waals surface area contributed by atoms with Crippen molar-refractivity contribution in [2.24, 2.45) is 0 Å². The Bertz CT molecular complexity index is 655. The zero-order valence-electron chi connectivity index (χ0n) is 13.4. The molecule has 8 nitrogen and oxygen atoms in total. The molecule has 2 aliphatic rings. The predicted molar refractivity (Wildman–Crippen MR) is 86.9 cm³/mol. The molecule has 2 aliphatic heterocycles. The number of methoxy groups -OCH3 is 1. The number of piperazine rings is 1. The van der Waals surface area contributed by atoms with Gasteiger partial charge in [-0.15, -0.1) is 0 Å². The van der Waals surface area contributed by atoms with Gasteiger partial charge in [-0.3, -0.25) is 14.9 Å². The molecule has 2 N–H and O–H groups in total. The summed E-state index contributed by atoms with van der Waals surface area (Å²) in [4.78, 5) is 38.8. The number of imide groups is 1. The van der Waals surface area contributed by atoms with Crippen molar-refractivity contribution in [3.8, 4) is 5.75 Å². The molecule has 8 heteroatoms. The van der Waals surface area contributed by atoms with Crippen LogP contribution in [0.25, 0.3) is 0 Å². The van der Waals surface area contributed by atoms with Gasteiger partial charge in [0.2, 0.25) is 5.91 Å². The average Bonchev–Trinajstić information content (AvgIpc) is 2.92. The zero-order chi connectivity index (χ0) is 17.1. The zero-order valence-corrected chi connectivity index (χ0v) is 13.4. The first-order valence-corrected chi connectivity index (χ1v) is 7.85. The highest BCUT2D eigenvalue weighted by atomic mass is 16.5. The first-order valence-electron chi connectivity index (χ1n) is 7.85. The second kappa shape index (κ2) is 6.77. The van der Waals surface area contributed by atoms with Crippen molar-refractivity contribution in [3.05, 3.63) is 24.3 Å². The molecule has 1 atom stereocenters. The highest BCUT2D eigenvalue weighted by Gasteiger charge is 2.33. The molecule has 1 aromatic rings. The second-order valence-corrected chi connectivity index (χ2v) is 5.76. The third-order valence-corrected chi connectivity index (χ3v) is 4.30. The lowest BCUT2D eigenvalue weighted by Crippen LogP contribution is -2.50. The van der Waals surface area contributed by atoms with Crippen LogP contribution in [0.4, 0.5) is 10.5 Å². The third-order valence-electron chi connectivity index (χ3n) is 4.30. The number of carbonyl (C=O) groups is 3. The summed E-state index contributed by atoms with van der Waals surface area (Å²) in [6, 6.07) is 6.47. The van der Waals surface area contributed by atoms with Gasteiger partial charge >= 0.3 is 6.03 Å². The molecule has 0 aliphatic carbocycles. The van der Waals surface area contributed by atoms with Gasteiger partial charge in [-0.1, -0.05) is 12.1 Å². The van der Waals surface area contributed by atoms with Gasteiger partial charge in [-0.05, 0) is 12.1 Å². The van der Waals surface area contributed by atoms with E-state index in [0.717, 1.165) is 11.4 Å². The monoisotopic (exact) mass is 332 g/mol. The van der Waals surface area contributed by atoms with Crippen LogP contribution >= 0.6 is 0 Å². The molecule has 128 valence electrons. The molecule has 0 spiro atoms. The minimum Gasteiger partial charge on any atom is -0.495 e. The van der Waals surface area contributed by atoms with Crippen LogP contribution in [-0.4, -0.2) is 62.1 Å². The SMILES string of the molecule is COc1ccccc1N1CCN(C(=O)C[C@@H]2NC(=O)NC2=O)CC1. The van der Waals surface area contributed by atoms with Crippen molar-refractivity contribution < 1.29 is 19.1 Å². The summed E-state index contributed by atoms with van der Waals surface area (Å²) in [6.07, 6.45) is -0.00771. The normalized spacial score (nSPS) is 20.6.